The number of carbonyl (C=O) groups is 2. The number of hydrogen-bond donors (Lipinski definition) is 2. The van der Waals surface area contributed by atoms with Gasteiger partial charge >= 0.3 is 11.9 Å². The van der Waals surface area contributed by atoms with Crippen molar-refractivity contribution in [3.8, 4) is 0 Å². The van der Waals surface area contributed by atoms with Crippen LogP contribution < -0.4 is 5.73 Å². The fourth-order valence-corrected chi connectivity index (χ4v) is 3.38. The van der Waals surface area contributed by atoms with Gasteiger partial charge in [-0.2, -0.15) is 0 Å². The molecule has 1 unspecified atom stereocenters. The summed E-state index contributed by atoms with van der Waals surface area (Å²) in [5.41, 5.74) is 5.41. The Morgan fingerprint density at radius 1 is 0.786 bits per heavy atom. The molecule has 0 aromatic rings. The number of ether oxygens (including phenoxy) is 1. The Bertz CT molecular complexity index is 387. The van der Waals surface area contributed by atoms with Crippen molar-refractivity contribution < 1.29 is 19.4 Å². The van der Waals surface area contributed by atoms with Gasteiger partial charge in [0, 0.05) is 6.42 Å². The van der Waals surface area contributed by atoms with Crippen LogP contribution in [0.2, 0.25) is 0 Å². The van der Waals surface area contributed by atoms with E-state index in [4.69, 9.17) is 15.6 Å². The number of carboxylic acid groups (broad SMARTS) is 1. The van der Waals surface area contributed by atoms with Crippen LogP contribution in [0.1, 0.15) is 123 Å². The number of carboxylic acids is 1. The topological polar surface area (TPSA) is 89.6 Å². The van der Waals surface area contributed by atoms with Crippen molar-refractivity contribution in [2.45, 2.75) is 135 Å². The van der Waals surface area contributed by atoms with Crippen molar-refractivity contribution in [1.82, 2.24) is 0 Å². The van der Waals surface area contributed by atoms with E-state index in [0.717, 1.165) is 19.3 Å². The second-order valence-electron chi connectivity index (χ2n) is 8.03. The summed E-state index contributed by atoms with van der Waals surface area (Å²) in [6.45, 7) is 4.28. The zero-order valence-electron chi connectivity index (χ0n) is 18.4. The van der Waals surface area contributed by atoms with Crippen LogP contribution in [0, 0.1) is 0 Å². The SMILES string of the molecule is CCCCCCCCCCCCCCCC(CC)OC(=O)CC[C@H](N)C(=O)O. The molecule has 0 aromatic carbocycles. The molecule has 0 aliphatic rings. The van der Waals surface area contributed by atoms with Crippen LogP contribution in [0.3, 0.4) is 0 Å². The van der Waals surface area contributed by atoms with Gasteiger partial charge in [0.05, 0.1) is 0 Å². The normalized spacial score (nSPS) is 13.2. The third kappa shape index (κ3) is 17.0. The van der Waals surface area contributed by atoms with E-state index in [1.807, 2.05) is 6.92 Å². The smallest absolute Gasteiger partial charge is 0.320 e. The summed E-state index contributed by atoms with van der Waals surface area (Å²) in [7, 11) is 0. The minimum absolute atomic E-state index is 0.0544. The summed E-state index contributed by atoms with van der Waals surface area (Å²) >= 11 is 0. The third-order valence-corrected chi connectivity index (χ3v) is 5.36. The molecular formula is C23H45NO4. The predicted octanol–water partition coefficient (Wildman–Crippen LogP) is 5.98. The average Bonchev–Trinajstić information content (AvgIpc) is 2.68. The van der Waals surface area contributed by atoms with Crippen molar-refractivity contribution in [3.63, 3.8) is 0 Å². The summed E-state index contributed by atoms with van der Waals surface area (Å²) < 4.78 is 5.45. The minimum atomic E-state index is -1.08. The van der Waals surface area contributed by atoms with Crippen LogP contribution in [-0.4, -0.2) is 29.2 Å². The van der Waals surface area contributed by atoms with Crippen LogP contribution in [0.4, 0.5) is 0 Å². The second kappa shape index (κ2) is 19.2. The van der Waals surface area contributed by atoms with Crippen molar-refractivity contribution >= 4 is 11.9 Å². The molecule has 28 heavy (non-hydrogen) atoms. The molecule has 3 N–H and O–H groups in total. The van der Waals surface area contributed by atoms with Crippen LogP contribution in [-0.2, 0) is 14.3 Å². The molecule has 0 aliphatic heterocycles. The molecule has 0 bridgehead atoms. The zero-order chi connectivity index (χ0) is 21.0. The largest absolute Gasteiger partial charge is 0.480 e. The first-order valence-corrected chi connectivity index (χ1v) is 11.7. The highest BCUT2D eigenvalue weighted by Gasteiger charge is 2.16. The van der Waals surface area contributed by atoms with Crippen LogP contribution in [0.25, 0.3) is 0 Å². The molecule has 0 radical (unpaired) electrons. The summed E-state index contributed by atoms with van der Waals surface area (Å²) in [5, 5.41) is 8.73. The van der Waals surface area contributed by atoms with E-state index in [1.165, 1.54) is 77.0 Å². The van der Waals surface area contributed by atoms with E-state index in [2.05, 4.69) is 6.92 Å². The summed E-state index contributed by atoms with van der Waals surface area (Å²) in [6.07, 6.45) is 19.1. The van der Waals surface area contributed by atoms with Crippen molar-refractivity contribution in [1.29, 1.82) is 0 Å². The predicted molar refractivity (Wildman–Crippen MR) is 115 cm³/mol. The van der Waals surface area contributed by atoms with E-state index in [-0.39, 0.29) is 24.9 Å². The molecule has 0 heterocycles. The van der Waals surface area contributed by atoms with Gasteiger partial charge in [-0.1, -0.05) is 90.9 Å². The standard InChI is InChI=1S/C23H45NO4/c1-3-5-6-7-8-9-10-11-12-13-14-15-16-17-20(4-2)28-22(25)19-18-21(24)23(26)27/h20-21H,3-19,24H2,1-2H3,(H,26,27)/t20?,21-/m0/s1. The molecule has 166 valence electrons. The lowest BCUT2D eigenvalue weighted by atomic mass is 10.0. The third-order valence-electron chi connectivity index (χ3n) is 5.36. The van der Waals surface area contributed by atoms with Crippen LogP contribution >= 0.6 is 0 Å². The minimum Gasteiger partial charge on any atom is -0.480 e. The van der Waals surface area contributed by atoms with E-state index in [0.29, 0.717) is 0 Å². The van der Waals surface area contributed by atoms with Crippen LogP contribution in [0.5, 0.6) is 0 Å². The van der Waals surface area contributed by atoms with Gasteiger partial charge in [-0.3, -0.25) is 9.59 Å². The molecule has 5 nitrogen and oxygen atoms in total. The molecule has 0 aromatic heterocycles. The Hall–Kier alpha value is -1.10. The van der Waals surface area contributed by atoms with Gasteiger partial charge in [0.15, 0.2) is 0 Å². The lowest BCUT2D eigenvalue weighted by Gasteiger charge is -2.16. The van der Waals surface area contributed by atoms with Gasteiger partial charge in [-0.05, 0) is 25.7 Å². The maximum absolute atomic E-state index is 11.8. The highest BCUT2D eigenvalue weighted by atomic mass is 16.5. The maximum Gasteiger partial charge on any atom is 0.320 e. The van der Waals surface area contributed by atoms with Gasteiger partial charge in [0.1, 0.15) is 12.1 Å². The lowest BCUT2D eigenvalue weighted by molar-refractivity contribution is -0.150. The highest BCUT2D eigenvalue weighted by Crippen LogP contribution is 2.15. The molecule has 0 spiro atoms. The number of rotatable bonds is 20. The van der Waals surface area contributed by atoms with Crippen molar-refractivity contribution in [3.05, 3.63) is 0 Å². The Labute approximate surface area is 172 Å². The number of esters is 1. The number of unbranched alkanes of at least 4 members (excludes halogenated alkanes) is 12. The zero-order valence-corrected chi connectivity index (χ0v) is 18.4. The molecule has 0 amide bonds. The fraction of sp³-hybridized carbons (Fsp3) is 0.913. The monoisotopic (exact) mass is 399 g/mol. The number of hydrogen-bond acceptors (Lipinski definition) is 4. The van der Waals surface area contributed by atoms with Gasteiger partial charge in [-0.25, -0.2) is 0 Å². The Kier molecular flexibility index (Phi) is 18.5. The number of carbonyl (C=O) groups excluding carboxylic acids is 1. The highest BCUT2D eigenvalue weighted by molar-refractivity contribution is 5.75. The van der Waals surface area contributed by atoms with Gasteiger partial charge < -0.3 is 15.6 Å². The first-order chi connectivity index (χ1) is 13.5. The quantitative estimate of drug-likeness (QED) is 0.194. The summed E-state index contributed by atoms with van der Waals surface area (Å²) in [4.78, 5) is 22.5. The van der Waals surface area contributed by atoms with E-state index in [1.54, 1.807) is 0 Å². The fourth-order valence-electron chi connectivity index (χ4n) is 3.38. The first-order valence-electron chi connectivity index (χ1n) is 11.7. The van der Waals surface area contributed by atoms with E-state index < -0.39 is 12.0 Å². The number of nitrogens with two attached hydrogens (primary N) is 1. The lowest BCUT2D eigenvalue weighted by Crippen LogP contribution is -2.31. The second-order valence-corrected chi connectivity index (χ2v) is 8.03. The number of aliphatic carboxylic acids is 1. The van der Waals surface area contributed by atoms with Gasteiger partial charge in [0.2, 0.25) is 0 Å². The van der Waals surface area contributed by atoms with Gasteiger partial charge in [-0.15, -0.1) is 0 Å². The molecule has 2 atom stereocenters. The maximum atomic E-state index is 11.8. The molecule has 0 fully saturated rings. The average molecular weight is 400 g/mol. The molecule has 0 aliphatic carbocycles. The summed E-state index contributed by atoms with van der Waals surface area (Å²) in [6, 6.07) is -0.992. The molecule has 5 heteroatoms. The molecule has 0 saturated carbocycles. The van der Waals surface area contributed by atoms with E-state index >= 15 is 0 Å². The Morgan fingerprint density at radius 2 is 1.25 bits per heavy atom. The molecular weight excluding hydrogens is 354 g/mol. The van der Waals surface area contributed by atoms with Crippen molar-refractivity contribution in [2.75, 3.05) is 0 Å². The molecule has 0 saturated heterocycles. The first kappa shape index (κ1) is 26.9. The Balaban J connectivity index is 3.52. The van der Waals surface area contributed by atoms with Crippen LogP contribution in [0.15, 0.2) is 0 Å². The van der Waals surface area contributed by atoms with Crippen molar-refractivity contribution in [2.24, 2.45) is 5.73 Å². The molecule has 0 rings (SSSR count). The van der Waals surface area contributed by atoms with Gasteiger partial charge in [0.25, 0.3) is 0 Å². The Morgan fingerprint density at radius 3 is 1.68 bits per heavy atom. The van der Waals surface area contributed by atoms with E-state index in [9.17, 15) is 9.59 Å². The summed E-state index contributed by atoms with van der Waals surface area (Å²) in [5.74, 6) is -1.41.